The fourth-order valence-electron chi connectivity index (χ4n) is 1.78. The van der Waals surface area contributed by atoms with E-state index in [4.69, 9.17) is 4.74 Å². The van der Waals surface area contributed by atoms with Gasteiger partial charge in [0.2, 0.25) is 0 Å². The molecule has 0 spiro atoms. The zero-order valence-corrected chi connectivity index (χ0v) is 11.7. The number of para-hydroxylation sites is 2. The van der Waals surface area contributed by atoms with Crippen LogP contribution in [0.2, 0.25) is 0 Å². The summed E-state index contributed by atoms with van der Waals surface area (Å²) < 4.78 is 5.44. The number of hydrazine groups is 1. The molecule has 0 saturated heterocycles. The van der Waals surface area contributed by atoms with Crippen molar-refractivity contribution in [1.82, 2.24) is 10.9 Å². The van der Waals surface area contributed by atoms with Crippen molar-refractivity contribution in [2.75, 3.05) is 13.2 Å². The summed E-state index contributed by atoms with van der Waals surface area (Å²) >= 11 is 0. The molecule has 0 amide bonds. The van der Waals surface area contributed by atoms with Gasteiger partial charge in [0.1, 0.15) is 24.2 Å². The summed E-state index contributed by atoms with van der Waals surface area (Å²) in [5, 5.41) is 19.4. The highest BCUT2D eigenvalue weighted by Gasteiger charge is 2.05. The van der Waals surface area contributed by atoms with Gasteiger partial charge in [-0.2, -0.15) is 0 Å². The van der Waals surface area contributed by atoms with E-state index in [9.17, 15) is 10.2 Å². The zero-order valence-electron chi connectivity index (χ0n) is 11.7. The maximum Gasteiger partial charge on any atom is 0.120 e. The van der Waals surface area contributed by atoms with Crippen molar-refractivity contribution in [3.05, 3.63) is 60.2 Å². The number of benzene rings is 2. The van der Waals surface area contributed by atoms with Crippen molar-refractivity contribution in [2.24, 2.45) is 0 Å². The molecule has 0 saturated carbocycles. The number of hydrogen-bond acceptors (Lipinski definition) is 5. The topological polar surface area (TPSA) is 73.8 Å². The van der Waals surface area contributed by atoms with Crippen LogP contribution in [0.1, 0.15) is 5.56 Å². The standard InChI is InChI=1S/C16H20N2O3/c19-14(12-21-15-7-2-1-3-8-15)11-18-17-10-13-6-4-5-9-16(13)20/h1-9,14,17-20H,10-12H2. The first-order chi connectivity index (χ1) is 10.3. The zero-order chi connectivity index (χ0) is 14.9. The SMILES string of the molecule is Oc1ccccc1CNNCC(O)COc1ccccc1. The van der Waals surface area contributed by atoms with Crippen LogP contribution in [-0.4, -0.2) is 29.5 Å². The summed E-state index contributed by atoms with van der Waals surface area (Å²) in [6, 6.07) is 16.5. The first-order valence-electron chi connectivity index (χ1n) is 6.84. The summed E-state index contributed by atoms with van der Waals surface area (Å²) in [6.07, 6.45) is -0.623. The number of aliphatic hydroxyl groups excluding tert-OH is 1. The molecule has 112 valence electrons. The fourth-order valence-corrected chi connectivity index (χ4v) is 1.78. The average molecular weight is 288 g/mol. The van der Waals surface area contributed by atoms with E-state index in [-0.39, 0.29) is 12.4 Å². The van der Waals surface area contributed by atoms with Crippen molar-refractivity contribution in [2.45, 2.75) is 12.6 Å². The molecule has 5 nitrogen and oxygen atoms in total. The first-order valence-corrected chi connectivity index (χ1v) is 6.84. The number of rotatable bonds is 8. The van der Waals surface area contributed by atoms with E-state index >= 15 is 0 Å². The number of ether oxygens (including phenoxy) is 1. The van der Waals surface area contributed by atoms with Crippen molar-refractivity contribution in [3.63, 3.8) is 0 Å². The maximum atomic E-state index is 9.79. The van der Waals surface area contributed by atoms with Crippen molar-refractivity contribution >= 4 is 0 Å². The van der Waals surface area contributed by atoms with Crippen molar-refractivity contribution in [1.29, 1.82) is 0 Å². The number of aromatic hydroxyl groups is 1. The minimum atomic E-state index is -0.623. The van der Waals surface area contributed by atoms with Crippen LogP contribution in [0.5, 0.6) is 11.5 Å². The smallest absolute Gasteiger partial charge is 0.120 e. The summed E-state index contributed by atoms with van der Waals surface area (Å²) in [6.45, 7) is 1.04. The van der Waals surface area contributed by atoms with Gasteiger partial charge in [-0.25, -0.2) is 0 Å². The Hall–Kier alpha value is -2.08. The van der Waals surface area contributed by atoms with E-state index in [1.807, 2.05) is 42.5 Å². The molecule has 0 bridgehead atoms. The minimum absolute atomic E-state index is 0.218. The highest BCUT2D eigenvalue weighted by molar-refractivity contribution is 5.31. The Morgan fingerprint density at radius 2 is 1.67 bits per heavy atom. The molecule has 1 unspecified atom stereocenters. The molecule has 0 aliphatic rings. The van der Waals surface area contributed by atoms with Gasteiger partial charge in [-0.3, -0.25) is 10.9 Å². The average Bonchev–Trinajstić information content (AvgIpc) is 2.52. The van der Waals surface area contributed by atoms with Crippen LogP contribution in [0.3, 0.4) is 0 Å². The van der Waals surface area contributed by atoms with E-state index in [1.165, 1.54) is 0 Å². The lowest BCUT2D eigenvalue weighted by Crippen LogP contribution is -2.39. The van der Waals surface area contributed by atoms with Crippen LogP contribution in [0.15, 0.2) is 54.6 Å². The molecule has 21 heavy (non-hydrogen) atoms. The van der Waals surface area contributed by atoms with Gasteiger partial charge in [0, 0.05) is 18.7 Å². The third kappa shape index (κ3) is 5.43. The van der Waals surface area contributed by atoms with Crippen LogP contribution in [0.4, 0.5) is 0 Å². The Morgan fingerprint density at radius 3 is 2.43 bits per heavy atom. The van der Waals surface area contributed by atoms with E-state index < -0.39 is 6.10 Å². The Morgan fingerprint density at radius 1 is 0.952 bits per heavy atom. The van der Waals surface area contributed by atoms with Crippen LogP contribution in [0.25, 0.3) is 0 Å². The molecule has 2 aromatic rings. The Balaban J connectivity index is 1.61. The molecule has 0 aliphatic carbocycles. The molecular weight excluding hydrogens is 268 g/mol. The monoisotopic (exact) mass is 288 g/mol. The number of phenolic OH excluding ortho intramolecular Hbond substituents is 1. The van der Waals surface area contributed by atoms with Gasteiger partial charge in [-0.15, -0.1) is 0 Å². The highest BCUT2D eigenvalue weighted by atomic mass is 16.5. The van der Waals surface area contributed by atoms with Crippen molar-refractivity contribution in [3.8, 4) is 11.5 Å². The van der Waals surface area contributed by atoms with Crippen LogP contribution < -0.4 is 15.6 Å². The molecule has 5 heteroatoms. The van der Waals surface area contributed by atoms with Gasteiger partial charge in [0.15, 0.2) is 0 Å². The normalized spacial score (nSPS) is 12.0. The third-order valence-corrected chi connectivity index (χ3v) is 2.92. The molecule has 0 aromatic heterocycles. The van der Waals surface area contributed by atoms with Gasteiger partial charge in [-0.05, 0) is 18.2 Å². The second-order valence-corrected chi connectivity index (χ2v) is 4.64. The Bertz CT molecular complexity index is 534. The van der Waals surface area contributed by atoms with Gasteiger partial charge in [0.25, 0.3) is 0 Å². The predicted molar refractivity (Wildman–Crippen MR) is 80.9 cm³/mol. The quantitative estimate of drug-likeness (QED) is 0.437. The predicted octanol–water partition coefficient (Wildman–Crippen LogP) is 1.43. The molecule has 2 aromatic carbocycles. The first kappa shape index (κ1) is 15.3. The van der Waals surface area contributed by atoms with Gasteiger partial charge < -0.3 is 14.9 Å². The van der Waals surface area contributed by atoms with Gasteiger partial charge in [0.05, 0.1) is 0 Å². The number of nitrogens with one attached hydrogen (secondary N) is 2. The lowest BCUT2D eigenvalue weighted by molar-refractivity contribution is 0.103. The lowest BCUT2D eigenvalue weighted by atomic mass is 10.2. The minimum Gasteiger partial charge on any atom is -0.508 e. The molecule has 0 heterocycles. The second kappa shape index (κ2) is 8.26. The molecule has 2 rings (SSSR count). The molecule has 0 radical (unpaired) electrons. The third-order valence-electron chi connectivity index (χ3n) is 2.92. The van der Waals surface area contributed by atoms with E-state index in [2.05, 4.69) is 10.9 Å². The maximum absolute atomic E-state index is 9.79. The molecule has 4 N–H and O–H groups in total. The fraction of sp³-hybridized carbons (Fsp3) is 0.250. The molecule has 0 fully saturated rings. The number of hydrogen-bond donors (Lipinski definition) is 4. The summed E-state index contributed by atoms with van der Waals surface area (Å²) in [7, 11) is 0. The van der Waals surface area contributed by atoms with Crippen molar-refractivity contribution < 1.29 is 14.9 Å². The van der Waals surface area contributed by atoms with Gasteiger partial charge in [-0.1, -0.05) is 36.4 Å². The van der Waals surface area contributed by atoms with E-state index in [0.29, 0.717) is 13.1 Å². The lowest BCUT2D eigenvalue weighted by Gasteiger charge is -2.14. The molecule has 1 atom stereocenters. The Labute approximate surface area is 124 Å². The second-order valence-electron chi connectivity index (χ2n) is 4.64. The highest BCUT2D eigenvalue weighted by Crippen LogP contribution is 2.14. The largest absolute Gasteiger partial charge is 0.508 e. The number of phenols is 1. The molecular formula is C16H20N2O3. The van der Waals surface area contributed by atoms with Crippen LogP contribution >= 0.6 is 0 Å². The molecule has 0 aliphatic heterocycles. The summed E-state index contributed by atoms with van der Waals surface area (Å²) in [4.78, 5) is 0. The van der Waals surface area contributed by atoms with E-state index in [0.717, 1.165) is 11.3 Å². The van der Waals surface area contributed by atoms with E-state index in [1.54, 1.807) is 12.1 Å². The summed E-state index contributed by atoms with van der Waals surface area (Å²) in [5.41, 5.74) is 6.64. The number of aliphatic hydroxyl groups is 1. The van der Waals surface area contributed by atoms with Crippen LogP contribution in [0, 0.1) is 0 Å². The Kier molecular flexibility index (Phi) is 6.02. The van der Waals surface area contributed by atoms with Gasteiger partial charge >= 0.3 is 0 Å². The van der Waals surface area contributed by atoms with Crippen LogP contribution in [-0.2, 0) is 6.54 Å². The summed E-state index contributed by atoms with van der Waals surface area (Å²) in [5.74, 6) is 0.985.